The van der Waals surface area contributed by atoms with Crippen molar-refractivity contribution in [2.75, 3.05) is 7.11 Å². The number of aromatic nitrogens is 2. The second-order valence-corrected chi connectivity index (χ2v) is 6.14. The number of methoxy groups -OCH3 is 1. The first kappa shape index (κ1) is 14.8. The molecule has 4 nitrogen and oxygen atoms in total. The Morgan fingerprint density at radius 1 is 0.962 bits per heavy atom. The summed E-state index contributed by atoms with van der Waals surface area (Å²) in [5.74, 6) is 0.244. The first-order chi connectivity index (χ1) is 12.7. The van der Waals surface area contributed by atoms with Crippen molar-refractivity contribution >= 4 is 38.2 Å². The molecule has 2 heterocycles. The van der Waals surface area contributed by atoms with E-state index in [1.807, 2.05) is 12.1 Å². The van der Waals surface area contributed by atoms with E-state index in [1.165, 1.54) is 6.07 Å². The number of hydrogen-bond acceptors (Lipinski definition) is 3. The van der Waals surface area contributed by atoms with Crippen LogP contribution < -0.4 is 10.3 Å². The lowest BCUT2D eigenvalue weighted by Gasteiger charge is -2.13. The highest BCUT2D eigenvalue weighted by Gasteiger charge is 2.16. The van der Waals surface area contributed by atoms with Crippen LogP contribution in [0, 0.1) is 5.82 Å². The lowest BCUT2D eigenvalue weighted by molar-refractivity contribution is 0.415. The average Bonchev–Trinajstić information content (AvgIpc) is 2.68. The second kappa shape index (κ2) is 5.26. The van der Waals surface area contributed by atoms with Gasteiger partial charge in [0.25, 0.3) is 5.56 Å². The number of halogens is 1. The lowest BCUT2D eigenvalue weighted by atomic mass is 10.0. The summed E-state index contributed by atoms with van der Waals surface area (Å²) in [6.45, 7) is 0. The fraction of sp³-hybridized carbons (Fsp3) is 0.0476. The van der Waals surface area contributed by atoms with Gasteiger partial charge in [-0.3, -0.25) is 9.20 Å². The molecule has 126 valence electrons. The maximum absolute atomic E-state index is 14.7. The highest BCUT2D eigenvalue weighted by Crippen LogP contribution is 2.32. The molecule has 26 heavy (non-hydrogen) atoms. The minimum absolute atomic E-state index is 0.174. The van der Waals surface area contributed by atoms with Crippen LogP contribution in [0.5, 0.6) is 5.75 Å². The molecule has 0 N–H and O–H groups in total. The molecule has 0 saturated carbocycles. The van der Waals surface area contributed by atoms with Crippen molar-refractivity contribution < 1.29 is 9.13 Å². The number of ether oxygens (including phenoxy) is 1. The summed E-state index contributed by atoms with van der Waals surface area (Å²) in [5, 5.41) is 2.17. The van der Waals surface area contributed by atoms with Crippen LogP contribution in [-0.4, -0.2) is 16.5 Å². The van der Waals surface area contributed by atoms with Gasteiger partial charge in [-0.1, -0.05) is 24.3 Å². The van der Waals surface area contributed by atoms with Gasteiger partial charge in [0.1, 0.15) is 17.2 Å². The van der Waals surface area contributed by atoms with E-state index in [0.29, 0.717) is 44.0 Å². The Hall–Kier alpha value is -3.47. The van der Waals surface area contributed by atoms with E-state index in [1.54, 1.807) is 54.0 Å². The van der Waals surface area contributed by atoms with Crippen molar-refractivity contribution in [3.8, 4) is 5.75 Å². The topological polar surface area (TPSA) is 43.6 Å². The van der Waals surface area contributed by atoms with Gasteiger partial charge in [0.15, 0.2) is 0 Å². The Bertz CT molecular complexity index is 1410. The van der Waals surface area contributed by atoms with Gasteiger partial charge < -0.3 is 4.74 Å². The van der Waals surface area contributed by atoms with Crippen molar-refractivity contribution in [2.24, 2.45) is 0 Å². The average molecular weight is 344 g/mol. The minimum Gasteiger partial charge on any atom is -0.497 e. The molecule has 0 radical (unpaired) electrons. The van der Waals surface area contributed by atoms with Crippen LogP contribution in [0.15, 0.2) is 65.5 Å². The minimum atomic E-state index is -0.356. The molecule has 0 aliphatic carbocycles. The molecule has 5 rings (SSSR count). The smallest absolute Gasteiger partial charge is 0.266 e. The molecule has 0 aliphatic rings. The lowest BCUT2D eigenvalue weighted by Crippen LogP contribution is -2.16. The van der Waals surface area contributed by atoms with Gasteiger partial charge in [-0.2, -0.15) is 0 Å². The molecular weight excluding hydrogens is 331 g/mol. The monoisotopic (exact) mass is 344 g/mol. The Kier molecular flexibility index (Phi) is 3.00. The summed E-state index contributed by atoms with van der Waals surface area (Å²) in [4.78, 5) is 17.8. The zero-order chi connectivity index (χ0) is 17.8. The van der Waals surface area contributed by atoms with Crippen LogP contribution >= 0.6 is 0 Å². The van der Waals surface area contributed by atoms with Gasteiger partial charge in [0.2, 0.25) is 0 Å². The fourth-order valence-electron chi connectivity index (χ4n) is 3.56. The summed E-state index contributed by atoms with van der Waals surface area (Å²) in [6.07, 6.45) is 0. The SMILES string of the molecule is COc1ccc2c(c1)c1c(F)cccc1c1nc3ccccc3c(=O)n21. The van der Waals surface area contributed by atoms with E-state index in [-0.39, 0.29) is 11.4 Å². The van der Waals surface area contributed by atoms with Crippen LogP contribution in [0.25, 0.3) is 38.2 Å². The largest absolute Gasteiger partial charge is 0.497 e. The van der Waals surface area contributed by atoms with E-state index in [0.717, 1.165) is 0 Å². The molecule has 5 aromatic rings. The first-order valence-electron chi connectivity index (χ1n) is 8.18. The van der Waals surface area contributed by atoms with Crippen LogP contribution in [0.3, 0.4) is 0 Å². The number of para-hydroxylation sites is 1. The summed E-state index contributed by atoms with van der Waals surface area (Å²) in [5.41, 5.74) is 1.46. The number of benzene rings is 3. The van der Waals surface area contributed by atoms with Crippen LogP contribution in [0.1, 0.15) is 0 Å². The van der Waals surface area contributed by atoms with Crippen molar-refractivity contribution in [1.29, 1.82) is 0 Å². The molecular formula is C21H13FN2O2. The quantitative estimate of drug-likeness (QED) is 0.336. The third-order valence-electron chi connectivity index (χ3n) is 4.74. The number of rotatable bonds is 1. The molecule has 0 amide bonds. The van der Waals surface area contributed by atoms with E-state index in [4.69, 9.17) is 4.74 Å². The van der Waals surface area contributed by atoms with Crippen molar-refractivity contribution in [3.63, 3.8) is 0 Å². The van der Waals surface area contributed by atoms with Gasteiger partial charge in [0.05, 0.1) is 23.5 Å². The molecule has 0 fully saturated rings. The second-order valence-electron chi connectivity index (χ2n) is 6.14. The Morgan fingerprint density at radius 3 is 2.62 bits per heavy atom. The summed E-state index contributed by atoms with van der Waals surface area (Å²) in [7, 11) is 1.56. The van der Waals surface area contributed by atoms with Gasteiger partial charge >= 0.3 is 0 Å². The highest BCUT2D eigenvalue weighted by atomic mass is 19.1. The Morgan fingerprint density at radius 2 is 1.77 bits per heavy atom. The molecule has 0 saturated heterocycles. The number of fused-ring (bicyclic) bond motifs is 7. The summed E-state index contributed by atoms with van der Waals surface area (Å²) in [6, 6.07) is 17.3. The van der Waals surface area contributed by atoms with Crippen molar-refractivity contribution in [3.05, 3.63) is 76.8 Å². The highest BCUT2D eigenvalue weighted by molar-refractivity contribution is 6.12. The zero-order valence-corrected chi connectivity index (χ0v) is 13.9. The molecule has 0 atom stereocenters. The maximum atomic E-state index is 14.7. The van der Waals surface area contributed by atoms with E-state index >= 15 is 0 Å². The number of nitrogens with zero attached hydrogens (tertiary/aromatic N) is 2. The van der Waals surface area contributed by atoms with Gasteiger partial charge in [-0.05, 0) is 36.4 Å². The van der Waals surface area contributed by atoms with Gasteiger partial charge in [0, 0.05) is 16.2 Å². The predicted molar refractivity (Wildman–Crippen MR) is 100 cm³/mol. The van der Waals surface area contributed by atoms with Gasteiger partial charge in [-0.25, -0.2) is 9.37 Å². The van der Waals surface area contributed by atoms with E-state index in [9.17, 15) is 9.18 Å². The summed E-state index contributed by atoms with van der Waals surface area (Å²) < 4.78 is 21.6. The third-order valence-corrected chi connectivity index (χ3v) is 4.74. The third kappa shape index (κ3) is 1.88. The molecule has 0 spiro atoms. The molecule has 2 aromatic heterocycles. The molecule has 5 heteroatoms. The normalized spacial score (nSPS) is 11.6. The number of pyridine rings is 1. The maximum Gasteiger partial charge on any atom is 0.266 e. The predicted octanol–water partition coefficient (Wildman–Crippen LogP) is 4.30. The van der Waals surface area contributed by atoms with Crippen molar-refractivity contribution in [2.45, 2.75) is 0 Å². The van der Waals surface area contributed by atoms with Crippen LogP contribution in [0.4, 0.5) is 4.39 Å². The number of hydrogen-bond donors (Lipinski definition) is 0. The fourth-order valence-corrected chi connectivity index (χ4v) is 3.56. The molecule has 3 aromatic carbocycles. The molecule has 0 unspecified atom stereocenters. The Balaban J connectivity index is 2.19. The zero-order valence-electron chi connectivity index (χ0n) is 13.9. The standard InChI is InChI=1S/C21H13FN2O2/c1-26-12-9-10-18-15(11-12)19-14(6-4-7-16(19)22)20-23-17-8-3-2-5-13(17)21(25)24(18)20/h2-11H,1H3. The van der Waals surface area contributed by atoms with Crippen LogP contribution in [-0.2, 0) is 0 Å². The van der Waals surface area contributed by atoms with E-state index in [2.05, 4.69) is 4.98 Å². The molecule has 0 aliphatic heterocycles. The van der Waals surface area contributed by atoms with Gasteiger partial charge in [-0.15, -0.1) is 0 Å². The summed E-state index contributed by atoms with van der Waals surface area (Å²) >= 11 is 0. The van der Waals surface area contributed by atoms with Crippen molar-refractivity contribution in [1.82, 2.24) is 9.38 Å². The van der Waals surface area contributed by atoms with E-state index < -0.39 is 0 Å². The Labute approximate surface area is 147 Å². The molecule has 0 bridgehead atoms. The van der Waals surface area contributed by atoms with Crippen LogP contribution in [0.2, 0.25) is 0 Å². The first-order valence-corrected chi connectivity index (χ1v) is 8.18.